The van der Waals surface area contributed by atoms with Gasteiger partial charge in [0.15, 0.2) is 0 Å². The van der Waals surface area contributed by atoms with Crippen molar-refractivity contribution >= 4 is 11.3 Å². The largest absolute Gasteiger partial charge is 0.380 e. The Hall–Kier alpha value is -0.380. The van der Waals surface area contributed by atoms with Crippen LogP contribution in [0.25, 0.3) is 0 Å². The van der Waals surface area contributed by atoms with Crippen LogP contribution in [0.1, 0.15) is 23.6 Å². The van der Waals surface area contributed by atoms with Crippen LogP contribution in [-0.4, -0.2) is 19.8 Å². The fraction of sp³-hybridized carbons (Fsp3) is 0.667. The summed E-state index contributed by atoms with van der Waals surface area (Å²) in [6.45, 7) is 8.35. The second-order valence-electron chi connectivity index (χ2n) is 4.63. The zero-order valence-electron chi connectivity index (χ0n) is 9.51. The Morgan fingerprint density at radius 1 is 1.40 bits per heavy atom. The minimum absolute atomic E-state index is 0.380. The van der Waals surface area contributed by atoms with E-state index in [0.717, 1.165) is 32.7 Å². The number of ether oxygens (including phenoxy) is 1. The highest BCUT2D eigenvalue weighted by molar-refractivity contribution is 7.11. The summed E-state index contributed by atoms with van der Waals surface area (Å²) >= 11 is 1.92. The minimum atomic E-state index is 0.380. The van der Waals surface area contributed by atoms with Gasteiger partial charge in [-0.15, -0.1) is 11.3 Å². The molecule has 15 heavy (non-hydrogen) atoms. The number of rotatable bonds is 5. The number of thiophene rings is 1. The summed E-state index contributed by atoms with van der Waals surface area (Å²) in [6.07, 6.45) is 1.15. The third-order valence-corrected chi connectivity index (χ3v) is 4.05. The molecule has 1 fully saturated rings. The van der Waals surface area contributed by atoms with Crippen molar-refractivity contribution in [2.45, 2.75) is 26.8 Å². The van der Waals surface area contributed by atoms with E-state index in [4.69, 9.17) is 4.74 Å². The van der Waals surface area contributed by atoms with E-state index in [2.05, 4.69) is 31.3 Å². The summed E-state index contributed by atoms with van der Waals surface area (Å²) < 4.78 is 5.22. The quantitative estimate of drug-likeness (QED) is 0.831. The molecule has 84 valence electrons. The molecule has 0 aliphatic carbocycles. The Labute approximate surface area is 95.6 Å². The molecule has 1 aromatic heterocycles. The van der Waals surface area contributed by atoms with E-state index in [0.29, 0.717) is 5.41 Å². The van der Waals surface area contributed by atoms with Crippen LogP contribution < -0.4 is 5.32 Å². The molecule has 0 radical (unpaired) electrons. The monoisotopic (exact) mass is 225 g/mol. The molecule has 1 aliphatic rings. The number of hydrogen-bond acceptors (Lipinski definition) is 3. The van der Waals surface area contributed by atoms with E-state index in [1.165, 1.54) is 9.75 Å². The zero-order valence-corrected chi connectivity index (χ0v) is 10.3. The van der Waals surface area contributed by atoms with Gasteiger partial charge >= 0.3 is 0 Å². The summed E-state index contributed by atoms with van der Waals surface area (Å²) in [7, 11) is 0. The maximum atomic E-state index is 5.22. The Morgan fingerprint density at radius 3 is 2.67 bits per heavy atom. The first kappa shape index (κ1) is 11.1. The maximum Gasteiger partial charge on any atom is 0.0554 e. The van der Waals surface area contributed by atoms with Gasteiger partial charge in [-0.1, -0.05) is 13.8 Å². The molecule has 0 aromatic carbocycles. The zero-order chi connectivity index (χ0) is 10.7. The molecule has 1 aromatic rings. The van der Waals surface area contributed by atoms with Crippen molar-refractivity contribution < 1.29 is 4.74 Å². The highest BCUT2D eigenvalue weighted by atomic mass is 32.1. The first-order valence-corrected chi connectivity index (χ1v) is 6.39. The van der Waals surface area contributed by atoms with Gasteiger partial charge in [-0.25, -0.2) is 0 Å². The average Bonchev–Trinajstić information content (AvgIpc) is 2.63. The van der Waals surface area contributed by atoms with Crippen molar-refractivity contribution in [2.75, 3.05) is 19.8 Å². The lowest BCUT2D eigenvalue weighted by molar-refractivity contribution is -0.0991. The summed E-state index contributed by atoms with van der Waals surface area (Å²) in [5.74, 6) is 0. The highest BCUT2D eigenvalue weighted by Crippen LogP contribution is 2.25. The Kier molecular flexibility index (Phi) is 3.44. The fourth-order valence-electron chi connectivity index (χ4n) is 1.75. The number of nitrogens with one attached hydrogen (secondary N) is 1. The molecule has 1 saturated heterocycles. The van der Waals surface area contributed by atoms with E-state index in [-0.39, 0.29) is 0 Å². The van der Waals surface area contributed by atoms with Gasteiger partial charge in [0.1, 0.15) is 0 Å². The van der Waals surface area contributed by atoms with Crippen LogP contribution in [0.15, 0.2) is 12.1 Å². The standard InChI is InChI=1S/C12H19NOS/c1-3-10-4-5-11(15-10)6-13-7-12(2)8-14-9-12/h4-5,13H,3,6-9H2,1-2H3. The van der Waals surface area contributed by atoms with Gasteiger partial charge in [0, 0.05) is 28.3 Å². The van der Waals surface area contributed by atoms with Gasteiger partial charge in [-0.2, -0.15) is 0 Å². The molecule has 2 heterocycles. The predicted octanol–water partition coefficient (Wildman–Crippen LogP) is 2.44. The van der Waals surface area contributed by atoms with E-state index in [1.807, 2.05) is 11.3 Å². The topological polar surface area (TPSA) is 21.3 Å². The number of hydrogen-bond donors (Lipinski definition) is 1. The SMILES string of the molecule is CCc1ccc(CNCC2(C)COC2)s1. The van der Waals surface area contributed by atoms with Crippen LogP contribution in [0.3, 0.4) is 0 Å². The summed E-state index contributed by atoms with van der Waals surface area (Å²) in [5.41, 5.74) is 0.380. The second-order valence-corrected chi connectivity index (χ2v) is 5.88. The van der Waals surface area contributed by atoms with Crippen molar-refractivity contribution in [3.05, 3.63) is 21.9 Å². The van der Waals surface area contributed by atoms with Crippen LogP contribution in [-0.2, 0) is 17.7 Å². The van der Waals surface area contributed by atoms with Gasteiger partial charge in [0.25, 0.3) is 0 Å². The average molecular weight is 225 g/mol. The van der Waals surface area contributed by atoms with Gasteiger partial charge in [0.2, 0.25) is 0 Å². The molecular formula is C12H19NOS. The summed E-state index contributed by atoms with van der Waals surface area (Å²) in [6, 6.07) is 4.46. The third kappa shape index (κ3) is 2.80. The van der Waals surface area contributed by atoms with E-state index < -0.39 is 0 Å². The van der Waals surface area contributed by atoms with Crippen LogP contribution >= 0.6 is 11.3 Å². The maximum absolute atomic E-state index is 5.22. The van der Waals surface area contributed by atoms with Gasteiger partial charge in [-0.3, -0.25) is 0 Å². The van der Waals surface area contributed by atoms with E-state index >= 15 is 0 Å². The predicted molar refractivity (Wildman–Crippen MR) is 64.3 cm³/mol. The van der Waals surface area contributed by atoms with Crippen molar-refractivity contribution in [3.63, 3.8) is 0 Å². The molecule has 0 unspecified atom stereocenters. The van der Waals surface area contributed by atoms with Crippen molar-refractivity contribution in [3.8, 4) is 0 Å². The summed E-state index contributed by atoms with van der Waals surface area (Å²) in [4.78, 5) is 2.92. The molecule has 0 spiro atoms. The second kappa shape index (κ2) is 4.64. The van der Waals surface area contributed by atoms with Gasteiger partial charge < -0.3 is 10.1 Å². The first-order valence-electron chi connectivity index (χ1n) is 5.58. The van der Waals surface area contributed by atoms with Crippen LogP contribution in [0.4, 0.5) is 0 Å². The van der Waals surface area contributed by atoms with Crippen molar-refractivity contribution in [1.29, 1.82) is 0 Å². The molecule has 0 saturated carbocycles. The van der Waals surface area contributed by atoms with Crippen molar-refractivity contribution in [2.24, 2.45) is 5.41 Å². The third-order valence-electron chi connectivity index (χ3n) is 2.82. The van der Waals surface area contributed by atoms with Crippen LogP contribution in [0, 0.1) is 5.41 Å². The molecule has 1 N–H and O–H groups in total. The van der Waals surface area contributed by atoms with Gasteiger partial charge in [0.05, 0.1) is 13.2 Å². The van der Waals surface area contributed by atoms with Crippen LogP contribution in [0.2, 0.25) is 0 Å². The number of aryl methyl sites for hydroxylation is 1. The highest BCUT2D eigenvalue weighted by Gasteiger charge is 2.32. The molecule has 0 amide bonds. The Balaban J connectivity index is 1.73. The van der Waals surface area contributed by atoms with E-state index in [9.17, 15) is 0 Å². The molecule has 3 heteroatoms. The molecule has 0 bridgehead atoms. The lowest BCUT2D eigenvalue weighted by atomic mass is 9.89. The normalized spacial score (nSPS) is 18.8. The van der Waals surface area contributed by atoms with Crippen LogP contribution in [0.5, 0.6) is 0 Å². The van der Waals surface area contributed by atoms with Crippen molar-refractivity contribution in [1.82, 2.24) is 5.32 Å². The molecule has 1 aliphatic heterocycles. The van der Waals surface area contributed by atoms with Gasteiger partial charge in [-0.05, 0) is 18.6 Å². The summed E-state index contributed by atoms with van der Waals surface area (Å²) in [5, 5.41) is 3.51. The smallest absolute Gasteiger partial charge is 0.0554 e. The Bertz CT molecular complexity index is 317. The molecule has 0 atom stereocenters. The first-order chi connectivity index (χ1) is 7.22. The fourth-order valence-corrected chi connectivity index (χ4v) is 2.67. The van der Waals surface area contributed by atoms with E-state index in [1.54, 1.807) is 0 Å². The lowest BCUT2D eigenvalue weighted by Crippen LogP contribution is -2.47. The molecule has 2 nitrogen and oxygen atoms in total. The minimum Gasteiger partial charge on any atom is -0.380 e. The molecule has 2 rings (SSSR count). The Morgan fingerprint density at radius 2 is 2.13 bits per heavy atom. The molecular weight excluding hydrogens is 206 g/mol. The lowest BCUT2D eigenvalue weighted by Gasteiger charge is -2.38.